The first-order valence-electron chi connectivity index (χ1n) is 9.01. The molecule has 21 heavy (non-hydrogen) atoms. The minimum Gasteiger partial charge on any atom is -0.338 e. The van der Waals surface area contributed by atoms with E-state index in [9.17, 15) is 4.79 Å². The largest absolute Gasteiger partial charge is 0.338 e. The van der Waals surface area contributed by atoms with E-state index in [-0.39, 0.29) is 6.03 Å². The van der Waals surface area contributed by atoms with Crippen LogP contribution in [0.4, 0.5) is 4.79 Å². The van der Waals surface area contributed by atoms with Crippen molar-refractivity contribution in [1.82, 2.24) is 15.5 Å². The number of urea groups is 1. The first kappa shape index (κ1) is 16.6. The highest BCUT2D eigenvalue weighted by molar-refractivity contribution is 5.74. The van der Waals surface area contributed by atoms with Crippen LogP contribution in [0.1, 0.15) is 64.7 Å². The molecule has 4 nitrogen and oxygen atoms in total. The van der Waals surface area contributed by atoms with Gasteiger partial charge in [-0.1, -0.05) is 32.6 Å². The number of carbonyl (C=O) groups is 1. The highest BCUT2D eigenvalue weighted by Crippen LogP contribution is 2.17. The molecule has 1 saturated carbocycles. The Hall–Kier alpha value is -0.770. The van der Waals surface area contributed by atoms with Crippen molar-refractivity contribution in [2.75, 3.05) is 26.2 Å². The van der Waals surface area contributed by atoms with Gasteiger partial charge in [-0.05, 0) is 57.7 Å². The molecule has 2 N–H and O–H groups in total. The maximum Gasteiger partial charge on any atom is 0.315 e. The van der Waals surface area contributed by atoms with Crippen molar-refractivity contribution in [2.45, 2.75) is 70.8 Å². The first-order chi connectivity index (χ1) is 10.2. The molecule has 2 rings (SSSR count). The van der Waals surface area contributed by atoms with Gasteiger partial charge in [0.15, 0.2) is 0 Å². The first-order valence-corrected chi connectivity index (χ1v) is 9.01. The van der Waals surface area contributed by atoms with Crippen LogP contribution in [0.25, 0.3) is 0 Å². The van der Waals surface area contributed by atoms with E-state index >= 15 is 0 Å². The van der Waals surface area contributed by atoms with Crippen molar-refractivity contribution >= 4 is 6.03 Å². The topological polar surface area (TPSA) is 44.4 Å². The van der Waals surface area contributed by atoms with Gasteiger partial charge in [-0.3, -0.25) is 0 Å². The third kappa shape index (κ3) is 6.68. The summed E-state index contributed by atoms with van der Waals surface area (Å²) in [5.41, 5.74) is 0. The zero-order chi connectivity index (χ0) is 14.9. The summed E-state index contributed by atoms with van der Waals surface area (Å²) < 4.78 is 0. The highest BCUT2D eigenvalue weighted by atomic mass is 16.2. The molecule has 0 atom stereocenters. The lowest BCUT2D eigenvalue weighted by atomic mass is 9.99. The maximum atomic E-state index is 11.9. The van der Waals surface area contributed by atoms with Crippen molar-refractivity contribution < 1.29 is 4.79 Å². The van der Waals surface area contributed by atoms with Gasteiger partial charge in [0.1, 0.15) is 0 Å². The maximum absolute atomic E-state index is 11.9. The van der Waals surface area contributed by atoms with Crippen molar-refractivity contribution in [2.24, 2.45) is 5.92 Å². The van der Waals surface area contributed by atoms with Crippen molar-refractivity contribution in [1.29, 1.82) is 0 Å². The Bertz CT molecular complexity index is 292. The molecule has 4 heteroatoms. The van der Waals surface area contributed by atoms with E-state index in [0.29, 0.717) is 6.04 Å². The van der Waals surface area contributed by atoms with E-state index in [0.717, 1.165) is 38.3 Å². The van der Waals surface area contributed by atoms with E-state index in [2.05, 4.69) is 22.5 Å². The zero-order valence-corrected chi connectivity index (χ0v) is 13.7. The zero-order valence-electron chi connectivity index (χ0n) is 13.7. The summed E-state index contributed by atoms with van der Waals surface area (Å²) >= 11 is 0. The Labute approximate surface area is 130 Å². The number of hydrogen-bond acceptors (Lipinski definition) is 2. The summed E-state index contributed by atoms with van der Waals surface area (Å²) in [6.45, 7) is 6.72. The smallest absolute Gasteiger partial charge is 0.315 e. The average Bonchev–Trinajstić information content (AvgIpc) is 2.74. The van der Waals surface area contributed by atoms with Crippen LogP contribution in [0.15, 0.2) is 0 Å². The second-order valence-electron chi connectivity index (χ2n) is 6.97. The van der Waals surface area contributed by atoms with Crippen molar-refractivity contribution in [3.8, 4) is 0 Å². The molecule has 2 amide bonds. The van der Waals surface area contributed by atoms with Crippen LogP contribution < -0.4 is 10.6 Å². The average molecular weight is 295 g/mol. The normalized spacial score (nSPS) is 22.7. The molecule has 0 unspecified atom stereocenters. The molecule has 122 valence electrons. The van der Waals surface area contributed by atoms with Crippen molar-refractivity contribution in [3.63, 3.8) is 0 Å². The molecule has 1 aliphatic heterocycles. The van der Waals surface area contributed by atoms with Gasteiger partial charge in [0.2, 0.25) is 0 Å². The van der Waals surface area contributed by atoms with Crippen LogP contribution in [0.2, 0.25) is 0 Å². The molecule has 1 heterocycles. The molecule has 1 aliphatic carbocycles. The Morgan fingerprint density at radius 2 is 1.71 bits per heavy atom. The molecule has 0 aromatic carbocycles. The molecular weight excluding hydrogens is 262 g/mol. The van der Waals surface area contributed by atoms with Crippen molar-refractivity contribution in [3.05, 3.63) is 0 Å². The number of hydrogen-bond donors (Lipinski definition) is 2. The Kier molecular flexibility index (Phi) is 7.34. The van der Waals surface area contributed by atoms with Gasteiger partial charge < -0.3 is 15.5 Å². The second-order valence-corrected chi connectivity index (χ2v) is 6.97. The Morgan fingerprint density at radius 3 is 2.38 bits per heavy atom. The van der Waals surface area contributed by atoms with Crippen LogP contribution in [0.3, 0.4) is 0 Å². The van der Waals surface area contributed by atoms with Gasteiger partial charge in [-0.2, -0.15) is 0 Å². The molecule has 0 radical (unpaired) electrons. The Balaban J connectivity index is 1.50. The lowest BCUT2D eigenvalue weighted by Gasteiger charge is -2.30. The van der Waals surface area contributed by atoms with Gasteiger partial charge in [-0.15, -0.1) is 0 Å². The van der Waals surface area contributed by atoms with Gasteiger partial charge in [0.25, 0.3) is 0 Å². The summed E-state index contributed by atoms with van der Waals surface area (Å²) in [7, 11) is 0. The number of piperidine rings is 1. The van der Waals surface area contributed by atoms with Crippen LogP contribution in [-0.4, -0.2) is 43.2 Å². The number of likely N-dealkylation sites (tertiary alicyclic amines) is 1. The SMILES string of the molecule is CC1CCN(CCCNC(=O)NC2CCCCCC2)CC1. The van der Waals surface area contributed by atoms with E-state index in [1.807, 2.05) is 0 Å². The van der Waals surface area contributed by atoms with E-state index in [1.54, 1.807) is 0 Å². The summed E-state index contributed by atoms with van der Waals surface area (Å²) in [5, 5.41) is 6.16. The molecule has 2 aliphatic rings. The number of amides is 2. The minimum absolute atomic E-state index is 0.0363. The fourth-order valence-corrected chi connectivity index (χ4v) is 3.45. The Morgan fingerprint density at radius 1 is 1.05 bits per heavy atom. The third-order valence-corrected chi connectivity index (χ3v) is 5.00. The summed E-state index contributed by atoms with van der Waals surface area (Å²) in [6.07, 6.45) is 11.2. The molecule has 2 fully saturated rings. The van der Waals surface area contributed by atoms with Crippen LogP contribution in [0.5, 0.6) is 0 Å². The molecule has 0 bridgehead atoms. The van der Waals surface area contributed by atoms with Gasteiger partial charge in [-0.25, -0.2) is 4.79 Å². The van der Waals surface area contributed by atoms with Crippen LogP contribution in [0, 0.1) is 5.92 Å². The second kappa shape index (κ2) is 9.29. The molecule has 0 aromatic rings. The van der Waals surface area contributed by atoms with Gasteiger partial charge in [0.05, 0.1) is 0 Å². The quantitative estimate of drug-likeness (QED) is 0.604. The predicted molar refractivity (Wildman–Crippen MR) is 87.5 cm³/mol. The summed E-state index contributed by atoms with van der Waals surface area (Å²) in [5.74, 6) is 0.893. The lowest BCUT2D eigenvalue weighted by Crippen LogP contribution is -2.43. The monoisotopic (exact) mass is 295 g/mol. The number of nitrogens with one attached hydrogen (secondary N) is 2. The van der Waals surface area contributed by atoms with Crippen LogP contribution >= 0.6 is 0 Å². The highest BCUT2D eigenvalue weighted by Gasteiger charge is 2.16. The molecular formula is C17H33N3O. The predicted octanol–water partition coefficient (Wildman–Crippen LogP) is 3.13. The molecule has 0 aromatic heterocycles. The lowest BCUT2D eigenvalue weighted by molar-refractivity contribution is 0.190. The minimum atomic E-state index is 0.0363. The van der Waals surface area contributed by atoms with E-state index < -0.39 is 0 Å². The molecule has 1 saturated heterocycles. The summed E-state index contributed by atoms with van der Waals surface area (Å²) in [4.78, 5) is 14.4. The van der Waals surface area contributed by atoms with E-state index in [4.69, 9.17) is 0 Å². The number of carbonyl (C=O) groups excluding carboxylic acids is 1. The standard InChI is InChI=1S/C17H33N3O/c1-15-9-13-20(14-10-15)12-6-11-18-17(21)19-16-7-4-2-3-5-8-16/h15-16H,2-14H2,1H3,(H2,18,19,21). The number of rotatable bonds is 5. The third-order valence-electron chi connectivity index (χ3n) is 5.00. The molecule has 0 spiro atoms. The fraction of sp³-hybridized carbons (Fsp3) is 0.941. The van der Waals surface area contributed by atoms with Crippen LogP contribution in [-0.2, 0) is 0 Å². The van der Waals surface area contributed by atoms with Gasteiger partial charge >= 0.3 is 6.03 Å². The number of nitrogens with zero attached hydrogens (tertiary/aromatic N) is 1. The fourth-order valence-electron chi connectivity index (χ4n) is 3.45. The van der Waals surface area contributed by atoms with E-state index in [1.165, 1.54) is 51.6 Å². The summed E-state index contributed by atoms with van der Waals surface area (Å²) in [6, 6.07) is 0.435. The van der Waals surface area contributed by atoms with Gasteiger partial charge in [0, 0.05) is 12.6 Å².